The molecule has 3 heterocycles. The summed E-state index contributed by atoms with van der Waals surface area (Å²) in [7, 11) is 1.67. The molecule has 1 unspecified atom stereocenters. The number of carbonyl (C=O) groups excluding carboxylic acids is 1. The summed E-state index contributed by atoms with van der Waals surface area (Å²) in [6.45, 7) is 5.38. The molecule has 7 nitrogen and oxygen atoms in total. The Morgan fingerprint density at radius 3 is 3.00 bits per heavy atom. The number of nitrogens with one attached hydrogen (secondary N) is 1. The molecule has 0 saturated carbocycles. The highest BCUT2D eigenvalue weighted by Crippen LogP contribution is 2.34. The van der Waals surface area contributed by atoms with Crippen LogP contribution in [0.15, 0.2) is 34.9 Å². The van der Waals surface area contributed by atoms with E-state index in [9.17, 15) is 4.79 Å². The SMILES string of the molecule is CCNc1nc(C)c(C(=O)N2CCCCC2c2ncc(Cc3ccccc3OC)o2)s1. The van der Waals surface area contributed by atoms with Crippen molar-refractivity contribution in [3.05, 3.63) is 58.2 Å². The number of hydrogen-bond acceptors (Lipinski definition) is 7. The molecular weight excluding hydrogens is 412 g/mol. The number of thiazole rings is 1. The lowest BCUT2D eigenvalue weighted by molar-refractivity contribution is 0.0574. The summed E-state index contributed by atoms with van der Waals surface area (Å²) in [5.74, 6) is 2.20. The molecule has 1 aliphatic heterocycles. The number of carbonyl (C=O) groups is 1. The molecular formula is C23H28N4O3S. The summed E-state index contributed by atoms with van der Waals surface area (Å²) in [5, 5.41) is 3.99. The quantitative estimate of drug-likeness (QED) is 0.566. The second-order valence-electron chi connectivity index (χ2n) is 7.63. The Hall–Kier alpha value is -2.87. The highest BCUT2D eigenvalue weighted by Gasteiger charge is 2.33. The minimum absolute atomic E-state index is 0.00771. The first kappa shape index (κ1) is 21.4. The Morgan fingerprint density at radius 2 is 2.19 bits per heavy atom. The molecule has 8 heteroatoms. The summed E-state index contributed by atoms with van der Waals surface area (Å²) >= 11 is 1.42. The van der Waals surface area contributed by atoms with E-state index < -0.39 is 0 Å². The number of rotatable bonds is 7. The van der Waals surface area contributed by atoms with Gasteiger partial charge in [-0.1, -0.05) is 29.5 Å². The number of methoxy groups -OCH3 is 1. The van der Waals surface area contributed by atoms with E-state index >= 15 is 0 Å². The van der Waals surface area contributed by atoms with Crippen LogP contribution in [0.5, 0.6) is 5.75 Å². The van der Waals surface area contributed by atoms with Crippen LogP contribution >= 0.6 is 11.3 Å². The summed E-state index contributed by atoms with van der Waals surface area (Å²) < 4.78 is 11.6. The van der Waals surface area contributed by atoms with Crippen molar-refractivity contribution >= 4 is 22.4 Å². The van der Waals surface area contributed by atoms with Gasteiger partial charge < -0.3 is 19.4 Å². The molecule has 1 fully saturated rings. The lowest BCUT2D eigenvalue weighted by Gasteiger charge is -2.33. The number of anilines is 1. The van der Waals surface area contributed by atoms with Gasteiger partial charge in [-0.2, -0.15) is 0 Å². The molecule has 0 aliphatic carbocycles. The van der Waals surface area contributed by atoms with Gasteiger partial charge in [0.1, 0.15) is 22.4 Å². The Bertz CT molecular complexity index is 1050. The zero-order valence-corrected chi connectivity index (χ0v) is 19.0. The normalized spacial score (nSPS) is 16.4. The van der Waals surface area contributed by atoms with E-state index in [0.29, 0.717) is 23.7 Å². The highest BCUT2D eigenvalue weighted by atomic mass is 32.1. The van der Waals surface area contributed by atoms with Crippen molar-refractivity contribution < 1.29 is 13.9 Å². The third-order valence-corrected chi connectivity index (χ3v) is 6.60. The average molecular weight is 441 g/mol. The van der Waals surface area contributed by atoms with Crippen LogP contribution in [-0.4, -0.2) is 41.0 Å². The number of para-hydroxylation sites is 1. The van der Waals surface area contributed by atoms with E-state index in [-0.39, 0.29) is 11.9 Å². The van der Waals surface area contributed by atoms with Crippen molar-refractivity contribution in [3.63, 3.8) is 0 Å². The zero-order chi connectivity index (χ0) is 21.8. The van der Waals surface area contributed by atoms with E-state index in [2.05, 4.69) is 15.3 Å². The van der Waals surface area contributed by atoms with Crippen molar-refractivity contribution in [2.24, 2.45) is 0 Å². The Kier molecular flexibility index (Phi) is 6.56. The van der Waals surface area contributed by atoms with Crippen LogP contribution in [0.2, 0.25) is 0 Å². The van der Waals surface area contributed by atoms with Crippen LogP contribution in [-0.2, 0) is 6.42 Å². The van der Waals surface area contributed by atoms with Gasteiger partial charge in [0.15, 0.2) is 5.13 Å². The first-order valence-electron chi connectivity index (χ1n) is 10.7. The van der Waals surface area contributed by atoms with Gasteiger partial charge in [-0.25, -0.2) is 9.97 Å². The maximum Gasteiger partial charge on any atom is 0.266 e. The fourth-order valence-corrected chi connectivity index (χ4v) is 4.97. The third kappa shape index (κ3) is 4.58. The number of aryl methyl sites for hydroxylation is 1. The molecule has 1 saturated heterocycles. The number of amides is 1. The smallest absolute Gasteiger partial charge is 0.266 e. The maximum absolute atomic E-state index is 13.4. The highest BCUT2D eigenvalue weighted by molar-refractivity contribution is 7.17. The van der Waals surface area contributed by atoms with E-state index in [1.54, 1.807) is 13.3 Å². The Balaban J connectivity index is 1.55. The Labute approximate surface area is 186 Å². The van der Waals surface area contributed by atoms with Gasteiger partial charge in [0, 0.05) is 25.1 Å². The monoisotopic (exact) mass is 440 g/mol. The van der Waals surface area contributed by atoms with Crippen molar-refractivity contribution in [1.29, 1.82) is 0 Å². The van der Waals surface area contributed by atoms with Crippen LogP contribution in [0.4, 0.5) is 5.13 Å². The van der Waals surface area contributed by atoms with Crippen molar-refractivity contribution in [2.45, 2.75) is 45.6 Å². The van der Waals surface area contributed by atoms with Gasteiger partial charge in [-0.3, -0.25) is 4.79 Å². The van der Waals surface area contributed by atoms with Gasteiger partial charge in [-0.15, -0.1) is 0 Å². The average Bonchev–Trinajstić information content (AvgIpc) is 3.40. The number of aromatic nitrogens is 2. The van der Waals surface area contributed by atoms with E-state index in [0.717, 1.165) is 53.7 Å². The molecule has 0 spiro atoms. The molecule has 31 heavy (non-hydrogen) atoms. The van der Waals surface area contributed by atoms with Gasteiger partial charge in [-0.05, 0) is 39.2 Å². The summed E-state index contributed by atoms with van der Waals surface area (Å²) in [6, 6.07) is 7.73. The minimum atomic E-state index is -0.156. The molecule has 1 atom stereocenters. The first-order chi connectivity index (χ1) is 15.1. The molecule has 2 aromatic heterocycles. The molecule has 0 bridgehead atoms. The van der Waals surface area contributed by atoms with Gasteiger partial charge in [0.05, 0.1) is 19.0 Å². The third-order valence-electron chi connectivity index (χ3n) is 5.50. The maximum atomic E-state index is 13.4. The summed E-state index contributed by atoms with van der Waals surface area (Å²) in [6.07, 6.45) is 5.23. The molecule has 164 valence electrons. The molecule has 4 rings (SSSR count). The number of hydrogen-bond donors (Lipinski definition) is 1. The van der Waals surface area contributed by atoms with Crippen LogP contribution in [0.25, 0.3) is 0 Å². The van der Waals surface area contributed by atoms with Crippen LogP contribution in [0.1, 0.15) is 64.8 Å². The zero-order valence-electron chi connectivity index (χ0n) is 18.2. The van der Waals surface area contributed by atoms with E-state index in [1.807, 2.05) is 43.0 Å². The number of likely N-dealkylation sites (tertiary alicyclic amines) is 1. The van der Waals surface area contributed by atoms with Crippen molar-refractivity contribution in [2.75, 3.05) is 25.5 Å². The summed E-state index contributed by atoms with van der Waals surface area (Å²) in [4.78, 5) is 25.0. The minimum Gasteiger partial charge on any atom is -0.496 e. The molecule has 3 aromatic rings. The van der Waals surface area contributed by atoms with Crippen molar-refractivity contribution in [3.8, 4) is 5.75 Å². The van der Waals surface area contributed by atoms with Crippen LogP contribution in [0, 0.1) is 6.92 Å². The predicted molar refractivity (Wildman–Crippen MR) is 121 cm³/mol. The standard InChI is InChI=1S/C23H28N4O3S/c1-4-24-23-26-15(2)20(31-23)22(28)27-12-8-7-10-18(27)21-25-14-17(30-21)13-16-9-5-6-11-19(16)29-3/h5-6,9,11,14,18H,4,7-8,10,12-13H2,1-3H3,(H,24,26). The summed E-state index contributed by atoms with van der Waals surface area (Å²) in [5.41, 5.74) is 1.81. The molecule has 0 radical (unpaired) electrons. The van der Waals surface area contributed by atoms with Gasteiger partial charge >= 0.3 is 0 Å². The topological polar surface area (TPSA) is 80.5 Å². The lowest BCUT2D eigenvalue weighted by Crippen LogP contribution is -2.38. The first-order valence-corrected chi connectivity index (χ1v) is 11.5. The number of ether oxygens (including phenoxy) is 1. The molecule has 1 aromatic carbocycles. The van der Waals surface area contributed by atoms with Crippen molar-refractivity contribution in [1.82, 2.24) is 14.9 Å². The van der Waals surface area contributed by atoms with E-state index in [1.165, 1.54) is 11.3 Å². The van der Waals surface area contributed by atoms with Crippen LogP contribution in [0.3, 0.4) is 0 Å². The largest absolute Gasteiger partial charge is 0.496 e. The van der Waals surface area contributed by atoms with Crippen LogP contribution < -0.4 is 10.1 Å². The second kappa shape index (κ2) is 9.51. The number of nitrogens with zero attached hydrogens (tertiary/aromatic N) is 3. The Morgan fingerprint density at radius 1 is 1.35 bits per heavy atom. The second-order valence-corrected chi connectivity index (χ2v) is 8.63. The number of piperidine rings is 1. The van der Waals surface area contributed by atoms with E-state index in [4.69, 9.17) is 9.15 Å². The number of benzene rings is 1. The lowest BCUT2D eigenvalue weighted by atomic mass is 10.0. The number of oxazole rings is 1. The van der Waals surface area contributed by atoms with Gasteiger partial charge in [0.2, 0.25) is 5.89 Å². The molecule has 1 aliphatic rings. The predicted octanol–water partition coefficient (Wildman–Crippen LogP) is 4.84. The fourth-order valence-electron chi connectivity index (χ4n) is 3.98. The molecule has 1 amide bonds. The molecule has 1 N–H and O–H groups in total. The fraction of sp³-hybridized carbons (Fsp3) is 0.435. The van der Waals surface area contributed by atoms with Gasteiger partial charge in [0.25, 0.3) is 5.91 Å².